The van der Waals surface area contributed by atoms with Crippen LogP contribution in [0.4, 0.5) is 13.2 Å². The van der Waals surface area contributed by atoms with Gasteiger partial charge in [0.2, 0.25) is 0 Å². The maximum Gasteiger partial charge on any atom is 0.416 e. The minimum absolute atomic E-state index is 0.0221. The number of nitrogens with zero attached hydrogens (tertiary/aromatic N) is 1. The average Bonchev–Trinajstić information content (AvgIpc) is 2.86. The van der Waals surface area contributed by atoms with Crippen molar-refractivity contribution in [3.63, 3.8) is 0 Å². The molecule has 0 fully saturated rings. The molecule has 1 radical (unpaired) electrons. The third kappa shape index (κ3) is 12.1. The highest BCUT2D eigenvalue weighted by Crippen LogP contribution is 2.29. The van der Waals surface area contributed by atoms with E-state index >= 15 is 0 Å². The fourth-order valence-electron chi connectivity index (χ4n) is 3.61. The number of hydrogen-bond donors (Lipinski definition) is 1. The number of unbranched alkanes of at least 4 members (excludes halogenated alkanes) is 3. The first-order valence-electron chi connectivity index (χ1n) is 12.5. The summed E-state index contributed by atoms with van der Waals surface area (Å²) in [4.78, 5) is 9.00. The number of rotatable bonds is 9. The summed E-state index contributed by atoms with van der Waals surface area (Å²) < 4.78 is 38.0. The van der Waals surface area contributed by atoms with Crippen molar-refractivity contribution in [3.8, 4) is 11.8 Å². The molecule has 3 aromatic rings. The maximum atomic E-state index is 12.7. The van der Waals surface area contributed by atoms with Crippen LogP contribution in [-0.4, -0.2) is 16.1 Å². The maximum absolute atomic E-state index is 12.7. The molecule has 0 unspecified atom stereocenters. The number of hydroxylamine groups is 2. The summed E-state index contributed by atoms with van der Waals surface area (Å²) in [5.41, 5.74) is 3.79. The molecule has 0 atom stereocenters. The van der Waals surface area contributed by atoms with Gasteiger partial charge in [-0.25, -0.2) is 0 Å². The van der Waals surface area contributed by atoms with Crippen molar-refractivity contribution in [1.82, 2.24) is 5.06 Å². The largest absolute Gasteiger partial charge is 0.481 e. The van der Waals surface area contributed by atoms with Gasteiger partial charge in [-0.1, -0.05) is 74.4 Å². The van der Waals surface area contributed by atoms with E-state index in [1.165, 1.54) is 43.4 Å². The topological polar surface area (TPSA) is 60.4 Å². The van der Waals surface area contributed by atoms with E-state index in [0.29, 0.717) is 5.56 Å². The second kappa shape index (κ2) is 15.6. The highest BCUT2D eigenvalue weighted by atomic mass is 19.4. The summed E-state index contributed by atoms with van der Waals surface area (Å²) in [5, 5.41) is 20.5. The Labute approximate surface area is 222 Å². The van der Waals surface area contributed by atoms with Crippen LogP contribution >= 0.6 is 0 Å². The number of aliphatic carboxylic acids is 1. The second-order valence-corrected chi connectivity index (χ2v) is 8.97. The Bertz CT molecular complexity index is 1170. The predicted molar refractivity (Wildman–Crippen MR) is 141 cm³/mol. The second-order valence-electron chi connectivity index (χ2n) is 8.97. The highest BCUT2D eigenvalue weighted by molar-refractivity contribution is 5.63. The van der Waals surface area contributed by atoms with E-state index in [1.54, 1.807) is 0 Å². The third-order valence-electron chi connectivity index (χ3n) is 5.58. The van der Waals surface area contributed by atoms with Gasteiger partial charge in [-0.05, 0) is 65.9 Å². The SMILES string of the molecule is CC(=O)O.CCCCCCc1ccc(C#Cc2ccc(CN([O])Cc3ccc(C(F)(F)F)cc3)cc2)cc1. The molecule has 3 rings (SSSR count). The van der Waals surface area contributed by atoms with Gasteiger partial charge in [-0.15, -0.1) is 10.3 Å². The number of carboxylic acid groups (broad SMARTS) is 1. The van der Waals surface area contributed by atoms with E-state index in [2.05, 4.69) is 30.9 Å². The molecular formula is C31H33F3NO3. The van der Waals surface area contributed by atoms with Crippen molar-refractivity contribution < 1.29 is 28.3 Å². The fraction of sp³-hybridized carbons (Fsp3) is 0.323. The number of benzene rings is 3. The van der Waals surface area contributed by atoms with Crippen LogP contribution in [0.2, 0.25) is 0 Å². The molecule has 0 aliphatic carbocycles. The standard InChI is InChI=1S/C29H29F3NO.C2H4O2/c1-2-3-4-5-6-23-7-9-24(10-8-23)11-12-25-13-15-26(16-14-25)21-33(34)22-27-17-19-28(20-18-27)29(30,31)32;1-2(3)4/h7-10,13-20H,2-6,21-22H2,1H3;1H3,(H,3,4). The molecule has 0 amide bonds. The molecule has 0 spiro atoms. The van der Waals surface area contributed by atoms with Crippen LogP contribution in [0.25, 0.3) is 0 Å². The zero-order valence-electron chi connectivity index (χ0n) is 21.7. The molecule has 7 heteroatoms. The lowest BCUT2D eigenvalue weighted by molar-refractivity contribution is -0.172. The first kappa shape index (κ1) is 30.6. The lowest BCUT2D eigenvalue weighted by Gasteiger charge is -2.13. The number of halogens is 3. The molecule has 3 aromatic carbocycles. The Morgan fingerprint density at radius 1 is 0.763 bits per heavy atom. The van der Waals surface area contributed by atoms with Crippen molar-refractivity contribution in [1.29, 1.82) is 0 Å². The van der Waals surface area contributed by atoms with E-state index in [4.69, 9.17) is 9.90 Å². The Morgan fingerprint density at radius 3 is 1.61 bits per heavy atom. The quantitative estimate of drug-likeness (QED) is 0.178. The van der Waals surface area contributed by atoms with Crippen molar-refractivity contribution in [3.05, 3.63) is 106 Å². The van der Waals surface area contributed by atoms with E-state index in [1.807, 2.05) is 36.4 Å². The molecule has 38 heavy (non-hydrogen) atoms. The van der Waals surface area contributed by atoms with Gasteiger partial charge in [0.05, 0.1) is 18.7 Å². The molecule has 0 heterocycles. The molecular weight excluding hydrogens is 491 g/mol. The highest BCUT2D eigenvalue weighted by Gasteiger charge is 2.29. The van der Waals surface area contributed by atoms with Gasteiger partial charge < -0.3 is 5.11 Å². The van der Waals surface area contributed by atoms with E-state index in [0.717, 1.165) is 47.2 Å². The summed E-state index contributed by atoms with van der Waals surface area (Å²) >= 11 is 0. The fourth-order valence-corrected chi connectivity index (χ4v) is 3.61. The Hall–Kier alpha value is -3.60. The van der Waals surface area contributed by atoms with Crippen molar-refractivity contribution >= 4 is 5.97 Å². The number of alkyl halides is 3. The number of aryl methyl sites for hydroxylation is 1. The van der Waals surface area contributed by atoms with E-state index in [9.17, 15) is 18.4 Å². The first-order valence-corrected chi connectivity index (χ1v) is 12.5. The zero-order chi connectivity index (χ0) is 28.0. The Kier molecular flexibility index (Phi) is 12.6. The van der Waals surface area contributed by atoms with Crippen LogP contribution < -0.4 is 0 Å². The number of carboxylic acids is 1. The summed E-state index contributed by atoms with van der Waals surface area (Å²) in [6.07, 6.45) is 1.74. The first-order chi connectivity index (χ1) is 18.1. The predicted octanol–water partition coefficient (Wildman–Crippen LogP) is 7.67. The van der Waals surface area contributed by atoms with Crippen LogP contribution in [0.3, 0.4) is 0 Å². The molecule has 0 aromatic heterocycles. The van der Waals surface area contributed by atoms with E-state index in [-0.39, 0.29) is 13.1 Å². The van der Waals surface area contributed by atoms with Crippen molar-refractivity contribution in [2.75, 3.05) is 0 Å². The molecule has 0 aliphatic heterocycles. The molecule has 4 nitrogen and oxygen atoms in total. The zero-order valence-corrected chi connectivity index (χ0v) is 21.7. The minimum Gasteiger partial charge on any atom is -0.481 e. The summed E-state index contributed by atoms with van der Waals surface area (Å²) in [5.74, 6) is 5.48. The van der Waals surface area contributed by atoms with Gasteiger partial charge in [0.1, 0.15) is 0 Å². The number of carbonyl (C=O) groups is 1. The van der Waals surface area contributed by atoms with Crippen LogP contribution in [-0.2, 0) is 35.7 Å². The summed E-state index contributed by atoms with van der Waals surface area (Å²) in [6.45, 7) is 3.47. The lowest BCUT2D eigenvalue weighted by atomic mass is 10.0. The minimum atomic E-state index is -4.38. The van der Waals surface area contributed by atoms with Crippen LogP contribution in [0, 0.1) is 11.8 Å². The van der Waals surface area contributed by atoms with Gasteiger partial charge in [-0.2, -0.15) is 13.2 Å². The normalized spacial score (nSPS) is 10.8. The molecule has 0 saturated carbocycles. The molecule has 201 valence electrons. The molecule has 0 saturated heterocycles. The van der Waals surface area contributed by atoms with Gasteiger partial charge in [-0.3, -0.25) is 4.79 Å². The van der Waals surface area contributed by atoms with Gasteiger partial charge >= 0.3 is 6.18 Å². The van der Waals surface area contributed by atoms with Gasteiger partial charge in [0.15, 0.2) is 0 Å². The molecule has 0 bridgehead atoms. The van der Waals surface area contributed by atoms with Crippen LogP contribution in [0.5, 0.6) is 0 Å². The average molecular weight is 525 g/mol. The third-order valence-corrected chi connectivity index (χ3v) is 5.58. The van der Waals surface area contributed by atoms with Crippen molar-refractivity contribution in [2.45, 2.75) is 65.2 Å². The van der Waals surface area contributed by atoms with Crippen LogP contribution in [0.15, 0.2) is 72.8 Å². The lowest BCUT2D eigenvalue weighted by Crippen LogP contribution is -2.16. The van der Waals surface area contributed by atoms with E-state index < -0.39 is 17.7 Å². The number of hydrogen-bond acceptors (Lipinski definition) is 2. The Balaban J connectivity index is 0.00000118. The van der Waals surface area contributed by atoms with Crippen LogP contribution in [0.1, 0.15) is 72.9 Å². The summed E-state index contributed by atoms with van der Waals surface area (Å²) in [7, 11) is 0. The summed E-state index contributed by atoms with van der Waals surface area (Å²) in [6, 6.07) is 20.5. The Morgan fingerprint density at radius 2 is 1.18 bits per heavy atom. The monoisotopic (exact) mass is 524 g/mol. The van der Waals surface area contributed by atoms with Gasteiger partial charge in [0, 0.05) is 18.1 Å². The molecule has 0 aliphatic rings. The van der Waals surface area contributed by atoms with Crippen molar-refractivity contribution in [2.24, 2.45) is 0 Å². The smallest absolute Gasteiger partial charge is 0.416 e. The molecule has 1 N–H and O–H groups in total. The van der Waals surface area contributed by atoms with Gasteiger partial charge in [0.25, 0.3) is 5.97 Å².